The van der Waals surface area contributed by atoms with Gasteiger partial charge < -0.3 is 5.32 Å². The lowest BCUT2D eigenvalue weighted by Crippen LogP contribution is -2.20. The first-order valence-corrected chi connectivity index (χ1v) is 7.41. The van der Waals surface area contributed by atoms with E-state index in [1.165, 1.54) is 17.8 Å². The summed E-state index contributed by atoms with van der Waals surface area (Å²) in [5, 5.41) is 28.5. The summed E-state index contributed by atoms with van der Waals surface area (Å²) in [7, 11) is 0. The summed E-state index contributed by atoms with van der Waals surface area (Å²) in [6.45, 7) is 2.91. The molecule has 0 saturated carbocycles. The Morgan fingerprint density at radius 2 is 1.79 bits per heavy atom. The monoisotopic (exact) mass is 397 g/mol. The highest BCUT2D eigenvalue weighted by atomic mass is 79.9. The molecule has 11 heteroatoms. The lowest BCUT2D eigenvalue weighted by Gasteiger charge is -2.08. The van der Waals surface area contributed by atoms with Gasteiger partial charge in [0.15, 0.2) is 0 Å². The number of carbonyl (C=O) groups is 1. The third-order valence-electron chi connectivity index (χ3n) is 3.37. The predicted octanol–water partition coefficient (Wildman–Crippen LogP) is 2.72. The molecule has 2 aromatic rings. The summed E-state index contributed by atoms with van der Waals surface area (Å²) >= 11 is 3.27. The number of nitro groups is 2. The molecular weight excluding hydrogens is 386 g/mol. The first-order valence-electron chi connectivity index (χ1n) is 6.62. The molecule has 126 valence electrons. The Bertz CT molecular complexity index is 812. The molecule has 1 amide bonds. The van der Waals surface area contributed by atoms with Crippen molar-refractivity contribution in [3.05, 3.63) is 54.3 Å². The maximum Gasteiger partial charge on any atom is 0.281 e. The molecule has 1 aromatic carbocycles. The molecule has 0 bridgehead atoms. The third-order valence-corrected chi connectivity index (χ3v) is 4.15. The third kappa shape index (κ3) is 3.56. The van der Waals surface area contributed by atoms with Crippen LogP contribution in [0.5, 0.6) is 0 Å². The fourth-order valence-electron chi connectivity index (χ4n) is 2.06. The van der Waals surface area contributed by atoms with Gasteiger partial charge in [-0.1, -0.05) is 0 Å². The molecular formula is C13H12BrN5O5. The lowest BCUT2D eigenvalue weighted by molar-refractivity contribution is -0.395. The van der Waals surface area contributed by atoms with Crippen molar-refractivity contribution in [3.63, 3.8) is 0 Å². The van der Waals surface area contributed by atoms with Crippen LogP contribution in [0.25, 0.3) is 0 Å². The molecule has 10 nitrogen and oxygen atoms in total. The number of rotatable bonds is 5. The van der Waals surface area contributed by atoms with Gasteiger partial charge in [0.1, 0.15) is 12.1 Å². The number of hydrogen-bond donors (Lipinski definition) is 1. The van der Waals surface area contributed by atoms with Gasteiger partial charge in [-0.05, 0) is 29.8 Å². The minimum absolute atomic E-state index is 0.0205. The molecule has 1 heterocycles. The van der Waals surface area contributed by atoms with Crippen molar-refractivity contribution in [2.24, 2.45) is 0 Å². The van der Waals surface area contributed by atoms with E-state index >= 15 is 0 Å². The summed E-state index contributed by atoms with van der Waals surface area (Å²) in [5.74, 6) is -0.513. The summed E-state index contributed by atoms with van der Waals surface area (Å²) in [6.07, 6.45) is 1.53. The van der Waals surface area contributed by atoms with Gasteiger partial charge in [-0.3, -0.25) is 29.7 Å². The number of halogens is 1. The number of amides is 1. The van der Waals surface area contributed by atoms with Crippen molar-refractivity contribution >= 4 is 38.9 Å². The van der Waals surface area contributed by atoms with Crippen molar-refractivity contribution in [1.29, 1.82) is 0 Å². The number of nitro benzene ring substituents is 2. The minimum Gasteiger partial charge on any atom is -0.324 e. The normalized spacial score (nSPS) is 10.5. The van der Waals surface area contributed by atoms with Crippen LogP contribution in [-0.4, -0.2) is 25.5 Å². The average molecular weight is 398 g/mol. The zero-order valence-corrected chi connectivity index (χ0v) is 14.2. The van der Waals surface area contributed by atoms with E-state index in [2.05, 4.69) is 26.3 Å². The Balaban J connectivity index is 2.28. The van der Waals surface area contributed by atoms with Crippen LogP contribution < -0.4 is 5.32 Å². The first kappa shape index (κ1) is 17.5. The fraction of sp³-hybridized carbons (Fsp3) is 0.231. The van der Waals surface area contributed by atoms with E-state index < -0.39 is 27.1 Å². The second kappa shape index (κ2) is 6.74. The van der Waals surface area contributed by atoms with Gasteiger partial charge in [0.2, 0.25) is 5.91 Å². The fourth-order valence-corrected chi connectivity index (χ4v) is 2.35. The van der Waals surface area contributed by atoms with Crippen molar-refractivity contribution in [2.75, 3.05) is 5.32 Å². The molecule has 0 radical (unpaired) electrons. The zero-order valence-electron chi connectivity index (χ0n) is 12.6. The number of hydrogen-bond acceptors (Lipinski definition) is 6. The second-order valence-electron chi connectivity index (χ2n) is 4.94. The van der Waals surface area contributed by atoms with Crippen LogP contribution in [0.15, 0.2) is 22.8 Å². The number of benzene rings is 1. The number of nitrogens with one attached hydrogen (secondary N) is 1. The van der Waals surface area contributed by atoms with Crippen molar-refractivity contribution in [1.82, 2.24) is 9.78 Å². The predicted molar refractivity (Wildman–Crippen MR) is 87.8 cm³/mol. The van der Waals surface area contributed by atoms with E-state index in [0.29, 0.717) is 0 Å². The van der Waals surface area contributed by atoms with Crippen molar-refractivity contribution in [3.8, 4) is 0 Å². The molecule has 0 saturated heterocycles. The summed E-state index contributed by atoms with van der Waals surface area (Å²) in [4.78, 5) is 32.7. The summed E-state index contributed by atoms with van der Waals surface area (Å²) < 4.78 is 2.16. The van der Waals surface area contributed by atoms with Crippen LogP contribution in [0.4, 0.5) is 17.1 Å². The minimum atomic E-state index is -0.729. The molecule has 24 heavy (non-hydrogen) atoms. The maximum atomic E-state index is 12.1. The average Bonchev–Trinajstić information content (AvgIpc) is 2.80. The van der Waals surface area contributed by atoms with Crippen LogP contribution in [0.3, 0.4) is 0 Å². The topological polar surface area (TPSA) is 133 Å². The molecule has 0 atom stereocenters. The smallest absolute Gasteiger partial charge is 0.281 e. The Labute approximate surface area is 143 Å². The molecule has 1 aromatic heterocycles. The van der Waals surface area contributed by atoms with Crippen LogP contribution in [0.1, 0.15) is 11.3 Å². The highest BCUT2D eigenvalue weighted by Crippen LogP contribution is 2.31. The standard InChI is InChI=1S/C13H12BrN5O5/c1-7-11(18(21)22)3-9(4-12(7)19(23)24)16-13(20)6-17-8(2)10(14)5-15-17/h3-5H,6H2,1-2H3,(H,16,20). The molecule has 0 aliphatic rings. The number of anilines is 1. The quantitative estimate of drug-likeness (QED) is 0.608. The number of carbonyl (C=O) groups excluding carboxylic acids is 1. The Kier molecular flexibility index (Phi) is 4.93. The zero-order chi connectivity index (χ0) is 18.0. The largest absolute Gasteiger partial charge is 0.324 e. The van der Waals surface area contributed by atoms with E-state index in [1.54, 1.807) is 6.92 Å². The van der Waals surface area contributed by atoms with Gasteiger partial charge in [0.25, 0.3) is 11.4 Å². The van der Waals surface area contributed by atoms with E-state index in [9.17, 15) is 25.0 Å². The van der Waals surface area contributed by atoms with E-state index in [-0.39, 0.29) is 17.8 Å². The van der Waals surface area contributed by atoms with E-state index in [1.807, 2.05) is 0 Å². The molecule has 0 spiro atoms. The SMILES string of the molecule is Cc1c([N+](=O)[O-])cc(NC(=O)Cn2ncc(Br)c2C)cc1[N+](=O)[O-]. The van der Waals surface area contributed by atoms with Crippen LogP contribution in [0, 0.1) is 34.1 Å². The van der Waals surface area contributed by atoms with Crippen LogP contribution in [0.2, 0.25) is 0 Å². The van der Waals surface area contributed by atoms with E-state index in [0.717, 1.165) is 22.3 Å². The van der Waals surface area contributed by atoms with Crippen LogP contribution in [-0.2, 0) is 11.3 Å². The van der Waals surface area contributed by atoms with E-state index in [4.69, 9.17) is 0 Å². The maximum absolute atomic E-state index is 12.1. The molecule has 0 fully saturated rings. The Morgan fingerprint density at radius 1 is 1.25 bits per heavy atom. The van der Waals surface area contributed by atoms with Gasteiger partial charge in [0, 0.05) is 12.1 Å². The van der Waals surface area contributed by atoms with Gasteiger partial charge in [-0.15, -0.1) is 0 Å². The number of aromatic nitrogens is 2. The molecule has 0 aliphatic carbocycles. The Morgan fingerprint density at radius 3 is 2.21 bits per heavy atom. The second-order valence-corrected chi connectivity index (χ2v) is 5.79. The Hall–Kier alpha value is -2.82. The summed E-state index contributed by atoms with van der Waals surface area (Å²) in [5.41, 5.74) is -0.233. The molecule has 1 N–H and O–H groups in total. The first-order chi connectivity index (χ1) is 11.2. The molecule has 2 rings (SSSR count). The van der Waals surface area contributed by atoms with Gasteiger partial charge in [-0.25, -0.2) is 0 Å². The molecule has 0 aliphatic heterocycles. The summed E-state index contributed by atoms with van der Waals surface area (Å²) in [6, 6.07) is 2.18. The highest BCUT2D eigenvalue weighted by molar-refractivity contribution is 9.10. The lowest BCUT2D eigenvalue weighted by atomic mass is 10.1. The van der Waals surface area contributed by atoms with Crippen LogP contribution >= 0.6 is 15.9 Å². The van der Waals surface area contributed by atoms with Crippen molar-refractivity contribution < 1.29 is 14.6 Å². The number of nitrogens with zero attached hydrogens (tertiary/aromatic N) is 4. The van der Waals surface area contributed by atoms with Gasteiger partial charge in [-0.2, -0.15) is 5.10 Å². The molecule has 0 unspecified atom stereocenters. The van der Waals surface area contributed by atoms with Crippen molar-refractivity contribution in [2.45, 2.75) is 20.4 Å². The van der Waals surface area contributed by atoms with Gasteiger partial charge in [0.05, 0.1) is 31.9 Å². The van der Waals surface area contributed by atoms with Gasteiger partial charge >= 0.3 is 0 Å². The highest BCUT2D eigenvalue weighted by Gasteiger charge is 2.23.